The molecule has 1 aliphatic rings. The molecular weight excluding hydrogens is 456 g/mol. The number of piperidine rings is 1. The zero-order valence-electron chi connectivity index (χ0n) is 20.1. The van der Waals surface area contributed by atoms with Crippen LogP contribution in [0, 0.1) is 12.8 Å². The number of rotatable bonds is 7. The maximum Gasteiger partial charge on any atom is 0.277 e. The molecule has 3 heterocycles. The van der Waals surface area contributed by atoms with E-state index in [2.05, 4.69) is 15.0 Å². The van der Waals surface area contributed by atoms with E-state index >= 15 is 0 Å². The van der Waals surface area contributed by atoms with E-state index in [4.69, 9.17) is 19.4 Å². The molecule has 1 saturated heterocycles. The summed E-state index contributed by atoms with van der Waals surface area (Å²) in [5.41, 5.74) is 2.02. The third-order valence-electron chi connectivity index (χ3n) is 6.28. The molecule has 1 aliphatic heterocycles. The largest absolute Gasteiger partial charge is 0.493 e. The zero-order valence-corrected chi connectivity index (χ0v) is 20.1. The smallest absolute Gasteiger partial charge is 0.277 e. The molecule has 2 N–H and O–H groups in total. The molecule has 0 bridgehead atoms. The van der Waals surface area contributed by atoms with Gasteiger partial charge in [-0.3, -0.25) is 19.4 Å². The number of carbonyl (C=O) groups is 1. The highest BCUT2D eigenvalue weighted by molar-refractivity contribution is 5.92. The minimum atomic E-state index is -0.659. The molecule has 186 valence electrons. The normalized spacial score (nSPS) is 14.1. The Morgan fingerprint density at radius 1 is 1.11 bits per heavy atom. The summed E-state index contributed by atoms with van der Waals surface area (Å²) >= 11 is 0. The lowest BCUT2D eigenvalue weighted by atomic mass is 9.96. The van der Waals surface area contributed by atoms with Crippen molar-refractivity contribution in [2.45, 2.75) is 26.3 Å². The number of aromatic nitrogens is 4. The maximum absolute atomic E-state index is 13.4. The van der Waals surface area contributed by atoms with Gasteiger partial charge in [0.2, 0.25) is 11.7 Å². The second-order valence-electron chi connectivity index (χ2n) is 8.26. The Bertz CT molecular complexity index is 1280. The summed E-state index contributed by atoms with van der Waals surface area (Å²) in [4.78, 5) is 40.1. The van der Waals surface area contributed by atoms with E-state index in [0.29, 0.717) is 59.6 Å². The number of anilines is 1. The van der Waals surface area contributed by atoms with E-state index in [1.165, 1.54) is 33.7 Å². The fraction of sp³-hybridized carbons (Fsp3) is 0.435. The van der Waals surface area contributed by atoms with Crippen LogP contribution < -0.4 is 30.1 Å². The van der Waals surface area contributed by atoms with E-state index in [9.17, 15) is 9.59 Å². The number of hydroxylamine groups is 1. The summed E-state index contributed by atoms with van der Waals surface area (Å²) in [6.07, 6.45) is 4.42. The highest BCUT2D eigenvalue weighted by Gasteiger charge is 2.25. The molecule has 0 saturated carbocycles. The Kier molecular flexibility index (Phi) is 7.01. The molecule has 35 heavy (non-hydrogen) atoms. The summed E-state index contributed by atoms with van der Waals surface area (Å²) in [5.74, 6) is 1.89. The molecular formula is C23H28N6O6. The van der Waals surface area contributed by atoms with Crippen LogP contribution in [0.1, 0.15) is 29.0 Å². The van der Waals surface area contributed by atoms with Gasteiger partial charge in [0.15, 0.2) is 11.5 Å². The number of benzene rings is 1. The Labute approximate surface area is 201 Å². The average Bonchev–Trinajstić information content (AvgIpc) is 2.90. The number of carbonyl (C=O) groups excluding carboxylic acids is 1. The molecule has 0 aliphatic carbocycles. The van der Waals surface area contributed by atoms with Crippen molar-refractivity contribution in [3.8, 4) is 17.2 Å². The standard InChI is InChI=1S/C23H28N6O6/c1-13-26-18-16(9-17(33-2)19(34-3)20(18)35-4)22(31)29(13)12-14-5-7-28(8-6-14)23-24-10-15(11-25-23)21(30)27-32/h9-11,14,32H,5-8,12H2,1-4H3,(H,27,30). The molecule has 12 nitrogen and oxygen atoms in total. The second-order valence-corrected chi connectivity index (χ2v) is 8.26. The lowest BCUT2D eigenvalue weighted by Gasteiger charge is -2.32. The molecule has 0 radical (unpaired) electrons. The first kappa shape index (κ1) is 24.2. The predicted molar refractivity (Wildman–Crippen MR) is 127 cm³/mol. The second kappa shape index (κ2) is 10.1. The number of hydrogen-bond donors (Lipinski definition) is 2. The minimum Gasteiger partial charge on any atom is -0.493 e. The number of aryl methyl sites for hydroxylation is 1. The Morgan fingerprint density at radius 3 is 2.34 bits per heavy atom. The lowest BCUT2D eigenvalue weighted by Crippen LogP contribution is -2.38. The summed E-state index contributed by atoms with van der Waals surface area (Å²) < 4.78 is 18.0. The Balaban J connectivity index is 1.53. The van der Waals surface area contributed by atoms with E-state index in [1.807, 2.05) is 11.8 Å². The van der Waals surface area contributed by atoms with Gasteiger partial charge in [-0.1, -0.05) is 0 Å². The average molecular weight is 485 g/mol. The van der Waals surface area contributed by atoms with E-state index in [0.717, 1.165) is 12.8 Å². The number of nitrogens with one attached hydrogen (secondary N) is 1. The number of hydrogen-bond acceptors (Lipinski definition) is 10. The van der Waals surface area contributed by atoms with Crippen LogP contribution in [0.25, 0.3) is 10.9 Å². The van der Waals surface area contributed by atoms with Gasteiger partial charge in [0.25, 0.3) is 11.5 Å². The van der Waals surface area contributed by atoms with Gasteiger partial charge >= 0.3 is 0 Å². The number of fused-ring (bicyclic) bond motifs is 1. The van der Waals surface area contributed by atoms with E-state index < -0.39 is 5.91 Å². The van der Waals surface area contributed by atoms with Crippen molar-refractivity contribution in [3.05, 3.63) is 40.2 Å². The molecule has 1 fully saturated rings. The van der Waals surface area contributed by atoms with Crippen LogP contribution in [0.5, 0.6) is 17.2 Å². The zero-order chi connectivity index (χ0) is 25.1. The van der Waals surface area contributed by atoms with Crippen LogP contribution >= 0.6 is 0 Å². The van der Waals surface area contributed by atoms with Crippen molar-refractivity contribution in [3.63, 3.8) is 0 Å². The summed E-state index contributed by atoms with van der Waals surface area (Å²) in [5, 5.41) is 9.12. The van der Waals surface area contributed by atoms with Crippen molar-refractivity contribution < 1.29 is 24.2 Å². The van der Waals surface area contributed by atoms with Gasteiger partial charge < -0.3 is 19.1 Å². The number of methoxy groups -OCH3 is 3. The van der Waals surface area contributed by atoms with Gasteiger partial charge in [0.05, 0.1) is 32.3 Å². The molecule has 12 heteroatoms. The fourth-order valence-electron chi connectivity index (χ4n) is 4.38. The van der Waals surface area contributed by atoms with Crippen LogP contribution in [0.2, 0.25) is 0 Å². The molecule has 0 atom stereocenters. The van der Waals surface area contributed by atoms with Crippen LogP contribution in [0.4, 0.5) is 5.95 Å². The van der Waals surface area contributed by atoms with Crippen LogP contribution in [-0.4, -0.2) is 65.1 Å². The highest BCUT2D eigenvalue weighted by Crippen LogP contribution is 2.41. The summed E-state index contributed by atoms with van der Waals surface area (Å²) in [7, 11) is 4.53. The molecule has 4 rings (SSSR count). The molecule has 1 amide bonds. The Morgan fingerprint density at radius 2 is 1.77 bits per heavy atom. The van der Waals surface area contributed by atoms with Gasteiger partial charge in [-0.15, -0.1) is 0 Å². The van der Waals surface area contributed by atoms with Gasteiger partial charge in [-0.2, -0.15) is 0 Å². The fourth-order valence-corrected chi connectivity index (χ4v) is 4.38. The van der Waals surface area contributed by atoms with Crippen molar-refractivity contribution in [2.24, 2.45) is 5.92 Å². The van der Waals surface area contributed by atoms with Crippen molar-refractivity contribution in [1.82, 2.24) is 25.0 Å². The van der Waals surface area contributed by atoms with Gasteiger partial charge in [-0.25, -0.2) is 20.4 Å². The van der Waals surface area contributed by atoms with Gasteiger partial charge in [-0.05, 0) is 31.7 Å². The first-order chi connectivity index (χ1) is 16.9. The van der Waals surface area contributed by atoms with Gasteiger partial charge in [0, 0.05) is 32.0 Å². The Hall–Kier alpha value is -3.93. The third kappa shape index (κ3) is 4.56. The highest BCUT2D eigenvalue weighted by atomic mass is 16.5. The summed E-state index contributed by atoms with van der Waals surface area (Å²) in [6, 6.07) is 1.64. The lowest BCUT2D eigenvalue weighted by molar-refractivity contribution is 0.0705. The van der Waals surface area contributed by atoms with E-state index in [1.54, 1.807) is 16.1 Å². The minimum absolute atomic E-state index is 0.157. The summed E-state index contributed by atoms with van der Waals surface area (Å²) in [6.45, 7) is 3.77. The number of ether oxygens (including phenoxy) is 3. The molecule has 1 aromatic carbocycles. The molecule has 2 aromatic heterocycles. The monoisotopic (exact) mass is 484 g/mol. The van der Waals surface area contributed by atoms with Crippen molar-refractivity contribution in [1.29, 1.82) is 0 Å². The predicted octanol–water partition coefficient (Wildman–Crippen LogP) is 1.56. The number of amides is 1. The quantitative estimate of drug-likeness (QED) is 0.375. The molecule has 0 unspecified atom stereocenters. The van der Waals surface area contributed by atoms with Crippen LogP contribution in [0.3, 0.4) is 0 Å². The van der Waals surface area contributed by atoms with Crippen LogP contribution in [0.15, 0.2) is 23.3 Å². The first-order valence-corrected chi connectivity index (χ1v) is 11.1. The third-order valence-corrected chi connectivity index (χ3v) is 6.28. The molecule has 0 spiro atoms. The van der Waals surface area contributed by atoms with E-state index in [-0.39, 0.29) is 17.0 Å². The van der Waals surface area contributed by atoms with Crippen molar-refractivity contribution in [2.75, 3.05) is 39.3 Å². The topological polar surface area (TPSA) is 141 Å². The maximum atomic E-state index is 13.4. The molecule has 3 aromatic rings. The van der Waals surface area contributed by atoms with Crippen LogP contribution in [-0.2, 0) is 6.54 Å². The first-order valence-electron chi connectivity index (χ1n) is 11.1. The SMILES string of the molecule is COc1cc2c(=O)n(CC3CCN(c4ncc(C(=O)NO)cn4)CC3)c(C)nc2c(OC)c1OC. The number of nitrogens with zero attached hydrogens (tertiary/aromatic N) is 5. The van der Waals surface area contributed by atoms with Crippen molar-refractivity contribution >= 4 is 22.8 Å². The van der Waals surface area contributed by atoms with Gasteiger partial charge in [0.1, 0.15) is 11.3 Å².